The van der Waals surface area contributed by atoms with E-state index in [0.29, 0.717) is 46.9 Å². The van der Waals surface area contributed by atoms with Gasteiger partial charge in [0, 0.05) is 29.6 Å². The number of ether oxygens (including phenoxy) is 4. The summed E-state index contributed by atoms with van der Waals surface area (Å²) in [6.07, 6.45) is 2.31. The summed E-state index contributed by atoms with van der Waals surface area (Å²) in [5.41, 5.74) is 2.70. The third kappa shape index (κ3) is 5.59. The molecule has 2 aliphatic rings. The summed E-state index contributed by atoms with van der Waals surface area (Å²) in [4.78, 5) is 39.7. The number of hydrogen-bond donors (Lipinski definition) is 1. The Morgan fingerprint density at radius 2 is 1.86 bits per heavy atom. The molecule has 0 unspecified atom stereocenters. The monoisotopic (exact) mass is 485 g/mol. The van der Waals surface area contributed by atoms with Crippen molar-refractivity contribution in [3.05, 3.63) is 52.4 Å². The van der Waals surface area contributed by atoms with Gasteiger partial charge in [-0.2, -0.15) is 0 Å². The number of methoxy groups -OCH3 is 2. The molecule has 8 nitrogen and oxygen atoms in total. The van der Waals surface area contributed by atoms with Gasteiger partial charge < -0.3 is 24.3 Å². The molecular formula is C27H35NO7. The van der Waals surface area contributed by atoms with E-state index in [2.05, 4.69) is 12.2 Å². The van der Waals surface area contributed by atoms with Crippen LogP contribution >= 0.6 is 0 Å². The molecule has 0 saturated carbocycles. The topological polar surface area (TPSA) is 100 Å². The van der Waals surface area contributed by atoms with Crippen LogP contribution in [0.4, 0.5) is 0 Å². The third-order valence-electron chi connectivity index (χ3n) is 6.47. The second-order valence-corrected chi connectivity index (χ2v) is 8.90. The quantitative estimate of drug-likeness (QED) is 0.304. The predicted octanol–water partition coefficient (Wildman–Crippen LogP) is 3.67. The standard InChI is InChI=1S/C27H35NO7/c1-6-7-12-34-20-11-9-8-10-18(20)23-22(27(31)35-14-13-32-4)17(3)28-19-15-16(2)21(26(30)33-5)25(29)24(19)23/h8-11,16,21,23,28H,6-7,12-15H2,1-5H3/t16-,21-,23-/m0/s1. The van der Waals surface area contributed by atoms with Crippen LogP contribution in [-0.2, 0) is 28.6 Å². The first-order valence-electron chi connectivity index (χ1n) is 12.1. The lowest BCUT2D eigenvalue weighted by Crippen LogP contribution is -2.43. The lowest BCUT2D eigenvalue weighted by atomic mass is 9.69. The summed E-state index contributed by atoms with van der Waals surface area (Å²) in [5.74, 6) is -2.81. The Balaban J connectivity index is 2.14. The van der Waals surface area contributed by atoms with Gasteiger partial charge in [-0.25, -0.2) is 4.79 Å². The molecule has 35 heavy (non-hydrogen) atoms. The van der Waals surface area contributed by atoms with Crippen LogP contribution in [0.25, 0.3) is 0 Å². The van der Waals surface area contributed by atoms with Crippen molar-refractivity contribution in [2.45, 2.75) is 46.0 Å². The zero-order valence-electron chi connectivity index (χ0n) is 21.1. The van der Waals surface area contributed by atoms with Gasteiger partial charge in [0.05, 0.1) is 31.8 Å². The van der Waals surface area contributed by atoms with Crippen molar-refractivity contribution in [1.82, 2.24) is 5.32 Å². The Bertz CT molecular complexity index is 1030. The van der Waals surface area contributed by atoms with Crippen LogP contribution in [0.3, 0.4) is 0 Å². The second kappa shape index (κ2) is 12.0. The van der Waals surface area contributed by atoms with Gasteiger partial charge in [-0.3, -0.25) is 9.59 Å². The van der Waals surface area contributed by atoms with Crippen LogP contribution in [0.15, 0.2) is 46.8 Å². The van der Waals surface area contributed by atoms with E-state index >= 15 is 0 Å². The van der Waals surface area contributed by atoms with E-state index in [9.17, 15) is 14.4 Å². The molecule has 190 valence electrons. The van der Waals surface area contributed by atoms with Crippen molar-refractivity contribution in [2.24, 2.45) is 11.8 Å². The van der Waals surface area contributed by atoms with Gasteiger partial charge in [0.25, 0.3) is 0 Å². The highest BCUT2D eigenvalue weighted by Gasteiger charge is 2.47. The molecule has 1 aliphatic heterocycles. The maximum Gasteiger partial charge on any atom is 0.336 e. The molecule has 0 spiro atoms. The summed E-state index contributed by atoms with van der Waals surface area (Å²) in [7, 11) is 2.81. The van der Waals surface area contributed by atoms with E-state index in [4.69, 9.17) is 18.9 Å². The number of carbonyl (C=O) groups is 3. The molecule has 0 fully saturated rings. The van der Waals surface area contributed by atoms with E-state index in [-0.39, 0.29) is 24.9 Å². The van der Waals surface area contributed by atoms with Crippen LogP contribution in [-0.4, -0.2) is 51.8 Å². The summed E-state index contributed by atoms with van der Waals surface area (Å²) in [6.45, 7) is 6.57. The van der Waals surface area contributed by atoms with Gasteiger partial charge in [0.1, 0.15) is 18.3 Å². The molecule has 0 bridgehead atoms. The molecule has 8 heteroatoms. The lowest BCUT2D eigenvalue weighted by molar-refractivity contribution is -0.151. The van der Waals surface area contributed by atoms with E-state index in [1.165, 1.54) is 14.2 Å². The molecule has 0 radical (unpaired) electrons. The highest BCUT2D eigenvalue weighted by molar-refractivity contribution is 6.12. The van der Waals surface area contributed by atoms with Gasteiger partial charge in [0.2, 0.25) is 0 Å². The molecule has 1 N–H and O–H groups in total. The van der Waals surface area contributed by atoms with Gasteiger partial charge >= 0.3 is 11.9 Å². The Hall–Kier alpha value is -3.13. The van der Waals surface area contributed by atoms with Crippen LogP contribution in [0, 0.1) is 11.8 Å². The molecule has 0 saturated heterocycles. The number of allylic oxidation sites excluding steroid dienone is 3. The Labute approximate surface area is 206 Å². The van der Waals surface area contributed by atoms with Crippen molar-refractivity contribution < 1.29 is 33.3 Å². The van der Waals surface area contributed by atoms with Crippen molar-refractivity contribution in [3.8, 4) is 5.75 Å². The molecule has 1 aromatic carbocycles. The average molecular weight is 486 g/mol. The van der Waals surface area contributed by atoms with Crippen LogP contribution in [0.5, 0.6) is 5.75 Å². The van der Waals surface area contributed by atoms with Crippen LogP contribution < -0.4 is 10.1 Å². The number of para-hydroxylation sites is 1. The summed E-state index contributed by atoms with van der Waals surface area (Å²) in [5, 5.41) is 3.26. The fourth-order valence-electron chi connectivity index (χ4n) is 4.73. The van der Waals surface area contributed by atoms with E-state index < -0.39 is 23.8 Å². The van der Waals surface area contributed by atoms with E-state index in [0.717, 1.165) is 12.8 Å². The molecule has 1 aliphatic carbocycles. The highest BCUT2D eigenvalue weighted by atomic mass is 16.6. The number of nitrogens with one attached hydrogen (secondary N) is 1. The lowest BCUT2D eigenvalue weighted by Gasteiger charge is -2.38. The fraction of sp³-hybridized carbons (Fsp3) is 0.519. The molecule has 0 amide bonds. The molecule has 0 aromatic heterocycles. The molecule has 3 rings (SSSR count). The van der Waals surface area contributed by atoms with Gasteiger partial charge in [-0.05, 0) is 31.7 Å². The maximum atomic E-state index is 13.8. The first-order chi connectivity index (χ1) is 16.8. The number of rotatable bonds is 10. The Morgan fingerprint density at radius 1 is 1.11 bits per heavy atom. The average Bonchev–Trinajstić information content (AvgIpc) is 2.83. The minimum Gasteiger partial charge on any atom is -0.493 e. The summed E-state index contributed by atoms with van der Waals surface area (Å²) in [6, 6.07) is 7.40. The number of dihydropyridines is 1. The number of hydrogen-bond acceptors (Lipinski definition) is 8. The fourth-order valence-corrected chi connectivity index (χ4v) is 4.73. The highest BCUT2D eigenvalue weighted by Crippen LogP contribution is 2.47. The van der Waals surface area contributed by atoms with Gasteiger partial charge in [-0.15, -0.1) is 0 Å². The molecule has 1 heterocycles. The minimum absolute atomic E-state index is 0.0785. The van der Waals surface area contributed by atoms with E-state index in [1.807, 2.05) is 31.2 Å². The Morgan fingerprint density at radius 3 is 2.54 bits per heavy atom. The predicted molar refractivity (Wildman–Crippen MR) is 130 cm³/mol. The SMILES string of the molecule is CCCCOc1ccccc1[C@H]1C(C(=O)OCCOC)=C(C)NC2=C1C(=O)[C@@H](C(=O)OC)[C@@H](C)C2. The normalized spacial score (nSPS) is 21.9. The van der Waals surface area contributed by atoms with Crippen molar-refractivity contribution in [1.29, 1.82) is 0 Å². The summed E-state index contributed by atoms with van der Waals surface area (Å²) >= 11 is 0. The number of ketones is 1. The zero-order valence-corrected chi connectivity index (χ0v) is 21.1. The van der Waals surface area contributed by atoms with Crippen molar-refractivity contribution in [2.75, 3.05) is 34.0 Å². The number of esters is 2. The number of unbranched alkanes of at least 4 members (excludes halogenated alkanes) is 1. The Kier molecular flexibility index (Phi) is 9.09. The second-order valence-electron chi connectivity index (χ2n) is 8.90. The van der Waals surface area contributed by atoms with Crippen LogP contribution in [0.1, 0.15) is 51.5 Å². The largest absolute Gasteiger partial charge is 0.493 e. The van der Waals surface area contributed by atoms with Gasteiger partial charge in [-0.1, -0.05) is 38.5 Å². The smallest absolute Gasteiger partial charge is 0.336 e. The van der Waals surface area contributed by atoms with E-state index in [1.54, 1.807) is 6.92 Å². The summed E-state index contributed by atoms with van der Waals surface area (Å²) < 4.78 is 21.5. The maximum absolute atomic E-state index is 13.8. The number of carbonyl (C=O) groups excluding carboxylic acids is 3. The zero-order chi connectivity index (χ0) is 25.5. The molecule has 3 atom stereocenters. The van der Waals surface area contributed by atoms with Crippen molar-refractivity contribution in [3.63, 3.8) is 0 Å². The number of benzene rings is 1. The van der Waals surface area contributed by atoms with Crippen molar-refractivity contribution >= 4 is 17.7 Å². The first kappa shape index (κ1) is 26.5. The molecule has 1 aromatic rings. The number of Topliss-reactive ketones (excluding diaryl/α,β-unsaturated/α-hetero) is 1. The van der Waals surface area contributed by atoms with Crippen LogP contribution in [0.2, 0.25) is 0 Å². The molecular weight excluding hydrogens is 450 g/mol. The van der Waals surface area contributed by atoms with Gasteiger partial charge in [0.15, 0.2) is 5.78 Å². The third-order valence-corrected chi connectivity index (χ3v) is 6.47. The minimum atomic E-state index is -0.944. The first-order valence-corrected chi connectivity index (χ1v) is 12.1.